The predicted molar refractivity (Wildman–Crippen MR) is 163 cm³/mol. The van der Waals surface area contributed by atoms with E-state index in [4.69, 9.17) is 30.4 Å². The molecule has 0 heterocycles. The molecule has 0 aliphatic heterocycles. The summed E-state index contributed by atoms with van der Waals surface area (Å²) in [7, 11) is 0. The van der Waals surface area contributed by atoms with Gasteiger partial charge >= 0.3 is 0 Å². The van der Waals surface area contributed by atoms with E-state index < -0.39 is 0 Å². The van der Waals surface area contributed by atoms with Crippen LogP contribution in [0.25, 0.3) is 0 Å². The molecule has 38 heavy (non-hydrogen) atoms. The van der Waals surface area contributed by atoms with Gasteiger partial charge in [-0.05, 0) is 113 Å². The van der Waals surface area contributed by atoms with Crippen LogP contribution in [0.4, 0.5) is 0 Å². The van der Waals surface area contributed by atoms with Gasteiger partial charge in [-0.25, -0.2) is 0 Å². The van der Waals surface area contributed by atoms with Gasteiger partial charge in [0.2, 0.25) is 0 Å². The van der Waals surface area contributed by atoms with E-state index in [1.807, 2.05) is 13.8 Å². The Morgan fingerprint density at radius 2 is 1.03 bits per heavy atom. The monoisotopic (exact) mass is 545 g/mol. The van der Waals surface area contributed by atoms with Gasteiger partial charge in [0, 0.05) is 25.1 Å². The smallest absolute Gasteiger partial charge is 0.0681 e. The maximum Gasteiger partial charge on any atom is 0.0681 e. The lowest BCUT2D eigenvalue weighted by molar-refractivity contribution is -0.169. The van der Waals surface area contributed by atoms with Crippen molar-refractivity contribution in [3.8, 4) is 0 Å². The molecule has 4 atom stereocenters. The summed E-state index contributed by atoms with van der Waals surface area (Å²) in [5.41, 5.74) is 10.6. The normalized spacial score (nSPS) is 17.8. The molecule has 0 rings (SSSR count). The Labute approximate surface area is 237 Å². The fourth-order valence-electron chi connectivity index (χ4n) is 5.24. The second kappa shape index (κ2) is 14.1. The fraction of sp³-hybridized carbons (Fsp3) is 1.00. The molecule has 0 bridgehead atoms. The number of rotatable bonds is 19. The van der Waals surface area contributed by atoms with Gasteiger partial charge < -0.3 is 30.4 Å². The lowest BCUT2D eigenvalue weighted by Gasteiger charge is -2.46. The summed E-state index contributed by atoms with van der Waals surface area (Å²) in [6.45, 7) is 35.9. The highest BCUT2D eigenvalue weighted by Gasteiger charge is 2.43. The molecule has 230 valence electrons. The molecule has 6 nitrogen and oxygen atoms in total. The van der Waals surface area contributed by atoms with Crippen molar-refractivity contribution in [2.75, 3.05) is 13.2 Å². The molecule has 0 spiro atoms. The molecular weight excluding hydrogens is 476 g/mol. The first-order valence-electron chi connectivity index (χ1n) is 14.9. The van der Waals surface area contributed by atoms with E-state index in [1.165, 1.54) is 0 Å². The maximum atomic E-state index is 6.63. The Morgan fingerprint density at radius 3 is 1.50 bits per heavy atom. The Morgan fingerprint density at radius 1 is 0.526 bits per heavy atom. The average Bonchev–Trinajstić information content (AvgIpc) is 2.62. The fourth-order valence-corrected chi connectivity index (χ4v) is 5.24. The van der Waals surface area contributed by atoms with Crippen LogP contribution >= 0.6 is 0 Å². The van der Waals surface area contributed by atoms with Gasteiger partial charge in [-0.1, -0.05) is 27.7 Å². The van der Waals surface area contributed by atoms with Gasteiger partial charge in [0.15, 0.2) is 0 Å². The molecule has 0 aliphatic rings. The van der Waals surface area contributed by atoms with E-state index >= 15 is 0 Å². The van der Waals surface area contributed by atoms with Crippen LogP contribution < -0.4 is 11.5 Å². The molecule has 0 saturated carbocycles. The van der Waals surface area contributed by atoms with Gasteiger partial charge in [0.1, 0.15) is 0 Å². The van der Waals surface area contributed by atoms with Crippen molar-refractivity contribution in [1.29, 1.82) is 0 Å². The maximum absolute atomic E-state index is 6.63. The Kier molecular flexibility index (Phi) is 14.0. The third kappa shape index (κ3) is 13.4. The van der Waals surface area contributed by atoms with Crippen LogP contribution in [0.1, 0.15) is 136 Å². The summed E-state index contributed by atoms with van der Waals surface area (Å²) in [5, 5.41) is 0. The quantitative estimate of drug-likeness (QED) is 0.178. The summed E-state index contributed by atoms with van der Waals surface area (Å²) in [6, 6.07) is 0.141. The molecule has 4 N–H and O–H groups in total. The highest BCUT2D eigenvalue weighted by molar-refractivity contribution is 4.92. The van der Waals surface area contributed by atoms with Gasteiger partial charge in [-0.2, -0.15) is 0 Å². The van der Waals surface area contributed by atoms with Gasteiger partial charge in [0.05, 0.1) is 41.2 Å². The molecular formula is C32H68N2O4. The molecule has 6 heteroatoms. The van der Waals surface area contributed by atoms with Gasteiger partial charge in [-0.15, -0.1) is 0 Å². The van der Waals surface area contributed by atoms with Crippen molar-refractivity contribution in [3.05, 3.63) is 0 Å². The first-order chi connectivity index (χ1) is 16.7. The number of hydrogen-bond donors (Lipinski definition) is 2. The zero-order valence-electron chi connectivity index (χ0n) is 28.3. The van der Waals surface area contributed by atoms with Crippen LogP contribution in [-0.4, -0.2) is 59.9 Å². The Balaban J connectivity index is 5.04. The van der Waals surface area contributed by atoms with Crippen LogP contribution in [0.2, 0.25) is 0 Å². The SMILES string of the molecule is CC(N)COC(C)(C)CC(C)OC(C)(C)C(C)(C)CCOC(C)(C)C(C)(C)CC(C)OC(C)(C)CC(C)N. The van der Waals surface area contributed by atoms with E-state index in [1.54, 1.807) is 0 Å². The van der Waals surface area contributed by atoms with Crippen molar-refractivity contribution in [1.82, 2.24) is 0 Å². The van der Waals surface area contributed by atoms with Crippen LogP contribution in [0.3, 0.4) is 0 Å². The third-order valence-electron chi connectivity index (χ3n) is 8.59. The van der Waals surface area contributed by atoms with E-state index in [-0.39, 0.29) is 57.5 Å². The molecule has 4 unspecified atom stereocenters. The number of nitrogens with two attached hydrogens (primary N) is 2. The molecule has 0 aromatic heterocycles. The van der Waals surface area contributed by atoms with Crippen molar-refractivity contribution in [2.24, 2.45) is 22.3 Å². The van der Waals surface area contributed by atoms with Crippen LogP contribution in [0.15, 0.2) is 0 Å². The highest BCUT2D eigenvalue weighted by atomic mass is 16.5. The van der Waals surface area contributed by atoms with Gasteiger partial charge in [0.25, 0.3) is 0 Å². The Hall–Kier alpha value is -0.240. The largest absolute Gasteiger partial charge is 0.375 e. The van der Waals surface area contributed by atoms with Crippen LogP contribution in [0, 0.1) is 10.8 Å². The van der Waals surface area contributed by atoms with E-state index in [0.29, 0.717) is 13.2 Å². The summed E-state index contributed by atoms with van der Waals surface area (Å²) < 4.78 is 25.7. The Bertz CT molecular complexity index is 681. The van der Waals surface area contributed by atoms with Crippen LogP contribution in [0.5, 0.6) is 0 Å². The first-order valence-corrected chi connectivity index (χ1v) is 14.9. The van der Waals surface area contributed by atoms with E-state index in [9.17, 15) is 0 Å². The second-order valence-electron chi connectivity index (χ2n) is 15.6. The summed E-state index contributed by atoms with van der Waals surface area (Å²) in [6.07, 6.45) is 3.59. The molecule has 0 amide bonds. The van der Waals surface area contributed by atoms with Gasteiger partial charge in [-0.3, -0.25) is 0 Å². The van der Waals surface area contributed by atoms with Crippen molar-refractivity contribution in [2.45, 2.75) is 183 Å². The molecule has 0 aliphatic carbocycles. The molecule has 0 aromatic carbocycles. The number of ether oxygens (including phenoxy) is 4. The van der Waals surface area contributed by atoms with Crippen molar-refractivity contribution in [3.63, 3.8) is 0 Å². The zero-order valence-corrected chi connectivity index (χ0v) is 28.3. The lowest BCUT2D eigenvalue weighted by atomic mass is 9.72. The van der Waals surface area contributed by atoms with Crippen LogP contribution in [-0.2, 0) is 18.9 Å². The minimum atomic E-state index is -0.333. The minimum absolute atomic E-state index is 0.0256. The minimum Gasteiger partial charge on any atom is -0.375 e. The lowest BCUT2D eigenvalue weighted by Crippen LogP contribution is -2.48. The molecule has 0 aromatic rings. The topological polar surface area (TPSA) is 89.0 Å². The summed E-state index contributed by atoms with van der Waals surface area (Å²) >= 11 is 0. The molecule has 0 radical (unpaired) electrons. The van der Waals surface area contributed by atoms with E-state index in [0.717, 1.165) is 25.7 Å². The third-order valence-corrected chi connectivity index (χ3v) is 8.59. The molecule has 0 saturated heterocycles. The molecule has 0 fully saturated rings. The van der Waals surface area contributed by atoms with E-state index in [2.05, 4.69) is 96.9 Å². The standard InChI is InChI=1S/C32H68N2O4/c1-23(33)19-30(11,12)37-25(3)20-28(7,8)31(13,14)35-18-17-27(5,6)32(15,16)38-26(4)21-29(9,10)36-22-24(2)34/h23-26H,17-22,33-34H2,1-16H3. The predicted octanol–water partition coefficient (Wildman–Crippen LogP) is 7.25. The summed E-state index contributed by atoms with van der Waals surface area (Å²) in [5.74, 6) is 0. The highest BCUT2D eigenvalue weighted by Crippen LogP contribution is 2.42. The first kappa shape index (κ1) is 37.8. The second-order valence-corrected chi connectivity index (χ2v) is 15.6. The van der Waals surface area contributed by atoms with Crippen molar-refractivity contribution < 1.29 is 18.9 Å². The average molecular weight is 545 g/mol. The summed E-state index contributed by atoms with van der Waals surface area (Å²) in [4.78, 5) is 0. The van der Waals surface area contributed by atoms with Crippen molar-refractivity contribution >= 4 is 0 Å². The number of hydrogen-bond acceptors (Lipinski definition) is 6. The zero-order chi connectivity index (χ0) is 30.4.